The minimum Gasteiger partial charge on any atom is -0.370 e. The van der Waals surface area contributed by atoms with Gasteiger partial charge in [0.1, 0.15) is 12.4 Å². The average Bonchev–Trinajstić information content (AvgIpc) is 2.86. The smallest absolute Gasteiger partial charge is 0.248 e. The first-order valence-electron chi connectivity index (χ1n) is 11.6. The summed E-state index contributed by atoms with van der Waals surface area (Å²) in [6, 6.07) is 10.5. The van der Waals surface area contributed by atoms with Crippen LogP contribution in [0.15, 0.2) is 47.4 Å². The molecule has 0 bridgehead atoms. The summed E-state index contributed by atoms with van der Waals surface area (Å²) in [5.74, 6) is -0.434. The third-order valence-electron chi connectivity index (χ3n) is 6.43. The standard InChI is InChI=1S/C24H28Cl2FN3O4S/c25-20-9-8-19(15-21(20)26)35(32,33)30-10-4-3-5-18(30)16-34-17-24(31)29-13-11-28(12-14-29)23-7-2-1-6-22(23)27/h1-2,6-9,15,18H,3-5,10-14,16-17H2. The van der Waals surface area contributed by atoms with Crippen molar-refractivity contribution in [2.75, 3.05) is 50.8 Å². The molecule has 0 radical (unpaired) electrons. The number of sulfonamides is 1. The molecule has 1 amide bonds. The van der Waals surface area contributed by atoms with Crippen molar-refractivity contribution in [1.82, 2.24) is 9.21 Å². The van der Waals surface area contributed by atoms with Crippen LogP contribution in [0.3, 0.4) is 0 Å². The lowest BCUT2D eigenvalue weighted by molar-refractivity contribution is -0.137. The van der Waals surface area contributed by atoms with E-state index in [4.69, 9.17) is 27.9 Å². The van der Waals surface area contributed by atoms with Crippen LogP contribution in [0.2, 0.25) is 10.0 Å². The van der Waals surface area contributed by atoms with Crippen molar-refractivity contribution in [2.45, 2.75) is 30.2 Å². The Bertz CT molecular complexity index is 1160. The molecule has 2 aromatic carbocycles. The highest BCUT2D eigenvalue weighted by atomic mass is 35.5. The van der Waals surface area contributed by atoms with E-state index in [2.05, 4.69) is 0 Å². The van der Waals surface area contributed by atoms with Gasteiger partial charge in [-0.1, -0.05) is 41.8 Å². The van der Waals surface area contributed by atoms with Crippen LogP contribution in [0.25, 0.3) is 0 Å². The number of piperazine rings is 1. The van der Waals surface area contributed by atoms with E-state index in [-0.39, 0.29) is 45.9 Å². The zero-order chi connectivity index (χ0) is 25.0. The average molecular weight is 544 g/mol. The number of ether oxygens (including phenoxy) is 1. The van der Waals surface area contributed by atoms with E-state index in [0.717, 1.165) is 12.8 Å². The molecule has 4 rings (SSSR count). The number of carbonyl (C=O) groups is 1. The Morgan fingerprint density at radius 1 is 1.00 bits per heavy atom. The van der Waals surface area contributed by atoms with Crippen molar-refractivity contribution in [2.24, 2.45) is 0 Å². The van der Waals surface area contributed by atoms with Gasteiger partial charge in [0.05, 0.1) is 27.2 Å². The van der Waals surface area contributed by atoms with Gasteiger partial charge < -0.3 is 14.5 Å². The maximum atomic E-state index is 14.0. The Balaban J connectivity index is 1.30. The normalized spacial score (nSPS) is 19.7. The highest BCUT2D eigenvalue weighted by Gasteiger charge is 2.34. The molecule has 2 saturated heterocycles. The second-order valence-electron chi connectivity index (χ2n) is 8.68. The van der Waals surface area contributed by atoms with Gasteiger partial charge >= 0.3 is 0 Å². The summed E-state index contributed by atoms with van der Waals surface area (Å²) >= 11 is 12.0. The number of carbonyl (C=O) groups excluding carboxylic acids is 1. The van der Waals surface area contributed by atoms with Crippen LogP contribution in [0.4, 0.5) is 10.1 Å². The molecule has 2 aliphatic heterocycles. The van der Waals surface area contributed by atoms with Crippen molar-refractivity contribution >= 4 is 44.8 Å². The fourth-order valence-electron chi connectivity index (χ4n) is 4.51. The van der Waals surface area contributed by atoms with E-state index >= 15 is 0 Å². The number of rotatable bonds is 7. The molecule has 7 nitrogen and oxygen atoms in total. The van der Waals surface area contributed by atoms with Gasteiger partial charge in [-0.05, 0) is 43.2 Å². The summed E-state index contributed by atoms with van der Waals surface area (Å²) in [5, 5.41) is 0.468. The second kappa shape index (κ2) is 11.4. The van der Waals surface area contributed by atoms with Crippen molar-refractivity contribution < 1.29 is 22.3 Å². The molecule has 2 aliphatic rings. The first-order chi connectivity index (χ1) is 16.8. The second-order valence-corrected chi connectivity index (χ2v) is 11.4. The van der Waals surface area contributed by atoms with Gasteiger partial charge in [0.25, 0.3) is 0 Å². The Hall–Kier alpha value is -1.91. The van der Waals surface area contributed by atoms with E-state index in [1.807, 2.05) is 4.90 Å². The van der Waals surface area contributed by atoms with E-state index in [1.54, 1.807) is 23.1 Å². The third kappa shape index (κ3) is 6.09. The zero-order valence-electron chi connectivity index (χ0n) is 19.2. The van der Waals surface area contributed by atoms with Crippen LogP contribution in [0.1, 0.15) is 19.3 Å². The summed E-state index contributed by atoms with van der Waals surface area (Å²) in [6.45, 7) is 2.38. The molecular weight excluding hydrogens is 516 g/mol. The number of para-hydroxylation sites is 1. The van der Waals surface area contributed by atoms with Gasteiger partial charge in [-0.2, -0.15) is 4.31 Å². The molecule has 1 unspecified atom stereocenters. The predicted molar refractivity (Wildman–Crippen MR) is 134 cm³/mol. The molecule has 2 heterocycles. The topological polar surface area (TPSA) is 70.2 Å². The first-order valence-corrected chi connectivity index (χ1v) is 13.8. The lowest BCUT2D eigenvalue weighted by atomic mass is 10.1. The fourth-order valence-corrected chi connectivity index (χ4v) is 6.58. The monoisotopic (exact) mass is 543 g/mol. The van der Waals surface area contributed by atoms with E-state index < -0.39 is 10.0 Å². The number of hydrogen-bond acceptors (Lipinski definition) is 5. The number of nitrogens with zero attached hydrogens (tertiary/aromatic N) is 3. The molecule has 190 valence electrons. The Kier molecular flexibility index (Phi) is 8.54. The minimum absolute atomic E-state index is 0.0857. The van der Waals surface area contributed by atoms with Crippen LogP contribution in [-0.2, 0) is 19.6 Å². The van der Waals surface area contributed by atoms with Crippen LogP contribution in [-0.4, -0.2) is 75.5 Å². The molecule has 0 saturated carbocycles. The molecule has 2 fully saturated rings. The quantitative estimate of drug-likeness (QED) is 0.527. The van der Waals surface area contributed by atoms with Gasteiger partial charge in [-0.3, -0.25) is 4.79 Å². The molecule has 0 N–H and O–H groups in total. The SMILES string of the molecule is O=C(COCC1CCCCN1S(=O)(=O)c1ccc(Cl)c(Cl)c1)N1CCN(c2ccccc2F)CC1. The van der Waals surface area contributed by atoms with Crippen molar-refractivity contribution in [3.63, 3.8) is 0 Å². The maximum Gasteiger partial charge on any atom is 0.248 e. The summed E-state index contributed by atoms with van der Waals surface area (Å²) in [4.78, 5) is 16.4. The number of amides is 1. The molecule has 35 heavy (non-hydrogen) atoms. The molecule has 0 aliphatic carbocycles. The Morgan fingerprint density at radius 2 is 1.74 bits per heavy atom. The van der Waals surface area contributed by atoms with E-state index in [1.165, 1.54) is 28.6 Å². The van der Waals surface area contributed by atoms with E-state index in [9.17, 15) is 17.6 Å². The summed E-state index contributed by atoms with van der Waals surface area (Å²) in [7, 11) is -3.78. The summed E-state index contributed by atoms with van der Waals surface area (Å²) < 4.78 is 47.7. The van der Waals surface area contributed by atoms with Gasteiger partial charge in [0, 0.05) is 38.8 Å². The van der Waals surface area contributed by atoms with Crippen LogP contribution in [0.5, 0.6) is 0 Å². The Labute approximate surface area is 215 Å². The van der Waals surface area contributed by atoms with Crippen LogP contribution < -0.4 is 4.90 Å². The van der Waals surface area contributed by atoms with Crippen molar-refractivity contribution in [1.29, 1.82) is 0 Å². The fraction of sp³-hybridized carbons (Fsp3) is 0.458. The van der Waals surface area contributed by atoms with Gasteiger partial charge in [-0.15, -0.1) is 0 Å². The number of hydrogen-bond donors (Lipinski definition) is 0. The summed E-state index contributed by atoms with van der Waals surface area (Å²) in [6.07, 6.45) is 2.28. The zero-order valence-corrected chi connectivity index (χ0v) is 21.5. The van der Waals surface area contributed by atoms with Gasteiger partial charge in [0.15, 0.2) is 0 Å². The largest absolute Gasteiger partial charge is 0.370 e. The summed E-state index contributed by atoms with van der Waals surface area (Å²) in [5.41, 5.74) is 0.538. The van der Waals surface area contributed by atoms with E-state index in [0.29, 0.717) is 44.8 Å². The molecule has 0 spiro atoms. The Morgan fingerprint density at radius 3 is 2.46 bits per heavy atom. The minimum atomic E-state index is -3.78. The van der Waals surface area contributed by atoms with Crippen molar-refractivity contribution in [3.8, 4) is 0 Å². The lowest BCUT2D eigenvalue weighted by Crippen LogP contribution is -2.50. The highest BCUT2D eigenvalue weighted by Crippen LogP contribution is 2.30. The van der Waals surface area contributed by atoms with Crippen molar-refractivity contribution in [3.05, 3.63) is 58.3 Å². The first kappa shape index (κ1) is 26.2. The van der Waals surface area contributed by atoms with Gasteiger partial charge in [-0.25, -0.2) is 12.8 Å². The number of halogens is 3. The van der Waals surface area contributed by atoms with Crippen LogP contribution >= 0.6 is 23.2 Å². The molecular formula is C24H28Cl2FN3O4S. The van der Waals surface area contributed by atoms with Gasteiger partial charge in [0.2, 0.25) is 15.9 Å². The molecule has 11 heteroatoms. The lowest BCUT2D eigenvalue weighted by Gasteiger charge is -2.36. The number of anilines is 1. The van der Waals surface area contributed by atoms with Crippen LogP contribution in [0, 0.1) is 5.82 Å². The predicted octanol–water partition coefficient (Wildman–Crippen LogP) is 4.04. The maximum absolute atomic E-state index is 14.0. The highest BCUT2D eigenvalue weighted by molar-refractivity contribution is 7.89. The molecule has 1 atom stereocenters. The number of piperidine rings is 1. The molecule has 2 aromatic rings. The third-order valence-corrected chi connectivity index (χ3v) is 9.12. The number of benzene rings is 2. The molecule has 0 aromatic heterocycles.